The zero-order chi connectivity index (χ0) is 13.4. The van der Waals surface area contributed by atoms with Gasteiger partial charge in [-0.3, -0.25) is 4.79 Å². The Morgan fingerprint density at radius 2 is 1.84 bits per heavy atom. The van der Waals surface area contributed by atoms with Gasteiger partial charge >= 0.3 is 0 Å². The smallest absolute Gasteiger partial charge is 0.194 e. The van der Waals surface area contributed by atoms with E-state index in [0.717, 1.165) is 2.88 Å². The molecule has 1 heterocycles. The maximum absolute atomic E-state index is 13.7. The Morgan fingerprint density at radius 1 is 1.11 bits per heavy atom. The van der Waals surface area contributed by atoms with Crippen LogP contribution in [-0.4, -0.2) is 5.78 Å². The van der Waals surface area contributed by atoms with Crippen LogP contribution in [0, 0.1) is 8.70 Å². The van der Waals surface area contributed by atoms with Gasteiger partial charge in [0, 0.05) is 21.9 Å². The van der Waals surface area contributed by atoms with Crippen LogP contribution in [-0.2, 0) is 0 Å². The van der Waals surface area contributed by atoms with Gasteiger partial charge in [-0.05, 0) is 46.2 Å². The summed E-state index contributed by atoms with van der Waals surface area (Å²) in [5, 5.41) is 2.98. The standard InChI is InChI=1S/C15H8FIOS/c16-13-6-5-12(10-3-1-2-4-11(10)13)15(18)9-7-14(17)19-8-9/h1-8H. The van der Waals surface area contributed by atoms with Crippen molar-refractivity contribution in [1.82, 2.24) is 0 Å². The number of ketones is 1. The molecule has 3 rings (SSSR count). The third kappa shape index (κ3) is 2.30. The fourth-order valence-electron chi connectivity index (χ4n) is 2.04. The quantitative estimate of drug-likeness (QED) is 0.456. The molecule has 0 aliphatic carbocycles. The van der Waals surface area contributed by atoms with Crippen molar-refractivity contribution in [2.24, 2.45) is 0 Å². The van der Waals surface area contributed by atoms with Crippen LogP contribution in [0.25, 0.3) is 10.8 Å². The highest BCUT2D eigenvalue weighted by Gasteiger charge is 2.15. The van der Waals surface area contributed by atoms with Gasteiger partial charge in [-0.15, -0.1) is 11.3 Å². The molecule has 2 aromatic carbocycles. The van der Waals surface area contributed by atoms with Gasteiger partial charge < -0.3 is 0 Å². The van der Waals surface area contributed by atoms with Crippen LogP contribution in [0.3, 0.4) is 0 Å². The maximum atomic E-state index is 13.7. The largest absolute Gasteiger partial charge is 0.289 e. The first-order valence-electron chi connectivity index (χ1n) is 5.63. The van der Waals surface area contributed by atoms with Crippen molar-refractivity contribution in [2.75, 3.05) is 0 Å². The number of thiophene rings is 1. The van der Waals surface area contributed by atoms with E-state index in [4.69, 9.17) is 0 Å². The average molecular weight is 382 g/mol. The molecule has 0 amide bonds. The predicted molar refractivity (Wildman–Crippen MR) is 84.4 cm³/mol. The zero-order valence-electron chi connectivity index (χ0n) is 9.69. The molecule has 1 nitrogen and oxygen atoms in total. The molecule has 0 unspecified atom stereocenters. The summed E-state index contributed by atoms with van der Waals surface area (Å²) in [6.45, 7) is 0. The van der Waals surface area contributed by atoms with Crippen molar-refractivity contribution >= 4 is 50.5 Å². The number of fused-ring (bicyclic) bond motifs is 1. The Balaban J connectivity index is 2.21. The Bertz CT molecular complexity index is 779. The van der Waals surface area contributed by atoms with E-state index in [1.807, 2.05) is 17.5 Å². The molecule has 0 saturated heterocycles. The lowest BCUT2D eigenvalue weighted by molar-refractivity contribution is 0.104. The number of rotatable bonds is 2. The van der Waals surface area contributed by atoms with Crippen LogP contribution in [0.2, 0.25) is 0 Å². The molecule has 0 radical (unpaired) electrons. The van der Waals surface area contributed by atoms with Gasteiger partial charge in [0.1, 0.15) is 5.82 Å². The minimum absolute atomic E-state index is 0.0598. The van der Waals surface area contributed by atoms with Crippen LogP contribution in [0.5, 0.6) is 0 Å². The van der Waals surface area contributed by atoms with Crippen molar-refractivity contribution in [1.29, 1.82) is 0 Å². The SMILES string of the molecule is O=C(c1csc(I)c1)c1ccc(F)c2ccccc12. The first-order valence-corrected chi connectivity index (χ1v) is 7.58. The Hall–Kier alpha value is -1.27. The number of hydrogen-bond donors (Lipinski definition) is 0. The third-order valence-electron chi connectivity index (χ3n) is 2.95. The van der Waals surface area contributed by atoms with Gasteiger partial charge in [-0.1, -0.05) is 24.3 Å². The van der Waals surface area contributed by atoms with Crippen molar-refractivity contribution in [3.63, 3.8) is 0 Å². The van der Waals surface area contributed by atoms with Crippen molar-refractivity contribution in [3.05, 3.63) is 67.7 Å². The summed E-state index contributed by atoms with van der Waals surface area (Å²) < 4.78 is 14.8. The minimum atomic E-state index is -0.299. The van der Waals surface area contributed by atoms with E-state index in [2.05, 4.69) is 22.6 Å². The first-order chi connectivity index (χ1) is 9.16. The molecular weight excluding hydrogens is 374 g/mol. The fourth-order valence-corrected chi connectivity index (χ4v) is 3.37. The normalized spacial score (nSPS) is 10.8. The highest BCUT2D eigenvalue weighted by molar-refractivity contribution is 14.1. The second kappa shape index (κ2) is 5.02. The Labute approximate surface area is 127 Å². The molecule has 94 valence electrons. The first kappa shape index (κ1) is 12.7. The molecule has 3 aromatic rings. The van der Waals surface area contributed by atoms with Crippen LogP contribution in [0.4, 0.5) is 4.39 Å². The number of carbonyl (C=O) groups excluding carboxylic acids is 1. The summed E-state index contributed by atoms with van der Waals surface area (Å²) in [7, 11) is 0. The summed E-state index contributed by atoms with van der Waals surface area (Å²) in [6, 6.07) is 11.8. The number of halogens is 2. The van der Waals surface area contributed by atoms with E-state index >= 15 is 0 Å². The number of benzene rings is 2. The fraction of sp³-hybridized carbons (Fsp3) is 0. The lowest BCUT2D eigenvalue weighted by atomic mass is 9.98. The van der Waals surface area contributed by atoms with Crippen molar-refractivity contribution in [2.45, 2.75) is 0 Å². The molecule has 19 heavy (non-hydrogen) atoms. The summed E-state index contributed by atoms with van der Waals surface area (Å²) in [4.78, 5) is 12.5. The van der Waals surface area contributed by atoms with Gasteiger partial charge in [0.05, 0.1) is 2.88 Å². The van der Waals surface area contributed by atoms with Crippen molar-refractivity contribution in [3.8, 4) is 0 Å². The summed E-state index contributed by atoms with van der Waals surface area (Å²) in [6.07, 6.45) is 0. The molecule has 0 aliphatic heterocycles. The molecule has 0 N–H and O–H groups in total. The Morgan fingerprint density at radius 3 is 2.53 bits per heavy atom. The van der Waals surface area contributed by atoms with Gasteiger partial charge in [-0.25, -0.2) is 4.39 Å². The lowest BCUT2D eigenvalue weighted by Crippen LogP contribution is -2.01. The molecule has 0 aliphatic rings. The monoisotopic (exact) mass is 382 g/mol. The van der Waals surface area contributed by atoms with Crippen molar-refractivity contribution < 1.29 is 9.18 Å². The van der Waals surface area contributed by atoms with Crippen LogP contribution in [0.15, 0.2) is 47.8 Å². The number of carbonyl (C=O) groups is 1. The van der Waals surface area contributed by atoms with Crippen LogP contribution >= 0.6 is 33.9 Å². The predicted octanol–water partition coefficient (Wildman–Crippen LogP) is 4.88. The van der Waals surface area contributed by atoms with Gasteiger partial charge in [0.25, 0.3) is 0 Å². The molecule has 0 atom stereocenters. The average Bonchev–Trinajstić information content (AvgIpc) is 2.86. The third-order valence-corrected chi connectivity index (χ3v) is 4.73. The molecule has 0 saturated carbocycles. The molecule has 0 fully saturated rings. The topological polar surface area (TPSA) is 17.1 Å². The minimum Gasteiger partial charge on any atom is -0.289 e. The second-order valence-corrected chi connectivity index (χ2v) is 6.91. The van der Waals surface area contributed by atoms with E-state index in [1.54, 1.807) is 24.3 Å². The highest BCUT2D eigenvalue weighted by Crippen LogP contribution is 2.26. The summed E-state index contributed by atoms with van der Waals surface area (Å²) in [5.74, 6) is -0.359. The molecule has 0 bridgehead atoms. The summed E-state index contributed by atoms with van der Waals surface area (Å²) >= 11 is 3.71. The lowest BCUT2D eigenvalue weighted by Gasteiger charge is -2.05. The molecular formula is C15H8FIOS. The molecule has 4 heteroatoms. The van der Waals surface area contributed by atoms with Gasteiger partial charge in [0.2, 0.25) is 0 Å². The van der Waals surface area contributed by atoms with E-state index in [0.29, 0.717) is 21.9 Å². The van der Waals surface area contributed by atoms with Gasteiger partial charge in [0.15, 0.2) is 5.78 Å². The Kier molecular flexibility index (Phi) is 3.36. The van der Waals surface area contributed by atoms with Crippen LogP contribution in [0.1, 0.15) is 15.9 Å². The zero-order valence-corrected chi connectivity index (χ0v) is 12.7. The van der Waals surface area contributed by atoms with E-state index in [9.17, 15) is 9.18 Å². The highest BCUT2D eigenvalue weighted by atomic mass is 127. The van der Waals surface area contributed by atoms with E-state index in [-0.39, 0.29) is 11.6 Å². The molecule has 1 aromatic heterocycles. The maximum Gasteiger partial charge on any atom is 0.194 e. The number of hydrogen-bond acceptors (Lipinski definition) is 2. The van der Waals surface area contributed by atoms with Gasteiger partial charge in [-0.2, -0.15) is 0 Å². The molecule has 0 spiro atoms. The second-order valence-electron chi connectivity index (χ2n) is 4.11. The summed E-state index contributed by atoms with van der Waals surface area (Å²) in [5.41, 5.74) is 1.21. The van der Waals surface area contributed by atoms with E-state index < -0.39 is 0 Å². The van der Waals surface area contributed by atoms with E-state index in [1.165, 1.54) is 17.4 Å². The van der Waals surface area contributed by atoms with Crippen LogP contribution < -0.4 is 0 Å².